The second-order valence-electron chi connectivity index (χ2n) is 5.55. The summed E-state index contributed by atoms with van der Waals surface area (Å²) in [7, 11) is 0. The quantitative estimate of drug-likeness (QED) is 0.542. The molecule has 2 N–H and O–H groups in total. The average Bonchev–Trinajstić information content (AvgIpc) is 2.92. The molecular formula is C19H15NO2. The SMILES string of the molecule is Oc1ccc(O)c2cc3cn(Cc4ccccc4)cc3cc12. The zero-order valence-electron chi connectivity index (χ0n) is 11.9. The number of nitrogens with zero attached hydrogens (tertiary/aromatic N) is 1. The van der Waals surface area contributed by atoms with E-state index in [9.17, 15) is 10.2 Å². The van der Waals surface area contributed by atoms with Gasteiger partial charge >= 0.3 is 0 Å². The maximum absolute atomic E-state index is 9.98. The van der Waals surface area contributed by atoms with Gasteiger partial charge in [0.15, 0.2) is 0 Å². The number of hydrogen-bond acceptors (Lipinski definition) is 2. The van der Waals surface area contributed by atoms with E-state index in [0.29, 0.717) is 10.8 Å². The lowest BCUT2D eigenvalue weighted by molar-refractivity contribution is 0.469. The van der Waals surface area contributed by atoms with Crippen LogP contribution < -0.4 is 0 Å². The minimum atomic E-state index is 0.186. The molecule has 0 spiro atoms. The number of aromatic nitrogens is 1. The van der Waals surface area contributed by atoms with Gasteiger partial charge in [0.25, 0.3) is 0 Å². The molecule has 0 aliphatic heterocycles. The first kappa shape index (κ1) is 12.8. The lowest BCUT2D eigenvalue weighted by Crippen LogP contribution is -1.94. The summed E-state index contributed by atoms with van der Waals surface area (Å²) in [5.41, 5.74) is 1.23. The van der Waals surface area contributed by atoms with Crippen LogP contribution in [0.3, 0.4) is 0 Å². The molecule has 0 fully saturated rings. The van der Waals surface area contributed by atoms with E-state index >= 15 is 0 Å². The van der Waals surface area contributed by atoms with E-state index in [1.165, 1.54) is 17.7 Å². The smallest absolute Gasteiger partial charge is 0.123 e. The largest absolute Gasteiger partial charge is 0.507 e. The third-order valence-electron chi connectivity index (χ3n) is 3.99. The zero-order valence-corrected chi connectivity index (χ0v) is 11.9. The van der Waals surface area contributed by atoms with E-state index in [-0.39, 0.29) is 11.5 Å². The predicted octanol–water partition coefficient (Wildman–Crippen LogP) is 4.25. The molecule has 0 atom stereocenters. The summed E-state index contributed by atoms with van der Waals surface area (Å²) >= 11 is 0. The number of benzene rings is 3. The normalized spacial score (nSPS) is 11.3. The van der Waals surface area contributed by atoms with Crippen molar-refractivity contribution in [1.82, 2.24) is 4.57 Å². The fourth-order valence-corrected chi connectivity index (χ4v) is 2.90. The van der Waals surface area contributed by atoms with Gasteiger partial charge in [0.1, 0.15) is 11.5 Å². The Labute approximate surface area is 127 Å². The third-order valence-corrected chi connectivity index (χ3v) is 3.99. The molecule has 0 amide bonds. The molecule has 0 saturated carbocycles. The summed E-state index contributed by atoms with van der Waals surface area (Å²) in [6.07, 6.45) is 4.12. The summed E-state index contributed by atoms with van der Waals surface area (Å²) in [6, 6.07) is 17.1. The summed E-state index contributed by atoms with van der Waals surface area (Å²) in [5.74, 6) is 0.371. The van der Waals surface area contributed by atoms with Gasteiger partial charge in [0, 0.05) is 40.5 Å². The average molecular weight is 289 g/mol. The lowest BCUT2D eigenvalue weighted by Gasteiger charge is -2.03. The molecule has 0 bridgehead atoms. The van der Waals surface area contributed by atoms with E-state index in [0.717, 1.165) is 17.3 Å². The first-order valence-corrected chi connectivity index (χ1v) is 7.19. The highest BCUT2D eigenvalue weighted by Crippen LogP contribution is 2.35. The van der Waals surface area contributed by atoms with E-state index < -0.39 is 0 Å². The molecule has 0 radical (unpaired) electrons. The molecule has 0 saturated heterocycles. The number of hydrogen-bond donors (Lipinski definition) is 2. The molecule has 3 heteroatoms. The number of aromatic hydroxyl groups is 2. The summed E-state index contributed by atoms with van der Waals surface area (Å²) < 4.78 is 2.12. The summed E-state index contributed by atoms with van der Waals surface area (Å²) in [6.45, 7) is 0.795. The highest BCUT2D eigenvalue weighted by atomic mass is 16.3. The lowest BCUT2D eigenvalue weighted by atomic mass is 10.1. The van der Waals surface area contributed by atoms with Gasteiger partial charge in [-0.2, -0.15) is 0 Å². The summed E-state index contributed by atoms with van der Waals surface area (Å²) in [4.78, 5) is 0. The van der Waals surface area contributed by atoms with Crippen molar-refractivity contribution < 1.29 is 10.2 Å². The zero-order chi connectivity index (χ0) is 15.1. The fraction of sp³-hybridized carbons (Fsp3) is 0.0526. The summed E-state index contributed by atoms with van der Waals surface area (Å²) in [5, 5.41) is 23.4. The fourth-order valence-electron chi connectivity index (χ4n) is 2.90. The van der Waals surface area contributed by atoms with Gasteiger partial charge < -0.3 is 14.8 Å². The number of rotatable bonds is 2. The third kappa shape index (κ3) is 2.07. The number of phenolic OH excluding ortho intramolecular Hbond substituents is 2. The molecule has 0 aliphatic carbocycles. The molecular weight excluding hydrogens is 274 g/mol. The van der Waals surface area contributed by atoms with Crippen LogP contribution >= 0.6 is 0 Å². The maximum atomic E-state index is 9.98. The van der Waals surface area contributed by atoms with Crippen molar-refractivity contribution in [3.63, 3.8) is 0 Å². The Balaban J connectivity index is 1.85. The standard InChI is InChI=1S/C19H15NO2/c21-18-6-7-19(22)17-9-15-12-20(11-14(15)8-16(17)18)10-13-4-2-1-3-5-13/h1-9,11-12,21-22H,10H2. The van der Waals surface area contributed by atoms with Crippen molar-refractivity contribution in [2.45, 2.75) is 6.54 Å². The van der Waals surface area contributed by atoms with Gasteiger partial charge in [-0.1, -0.05) is 30.3 Å². The highest BCUT2D eigenvalue weighted by Gasteiger charge is 2.08. The van der Waals surface area contributed by atoms with E-state index in [2.05, 4.69) is 29.1 Å². The van der Waals surface area contributed by atoms with Crippen LogP contribution in [0.2, 0.25) is 0 Å². The van der Waals surface area contributed by atoms with Crippen LogP contribution in [0.5, 0.6) is 11.5 Å². The first-order valence-electron chi connectivity index (χ1n) is 7.19. The monoisotopic (exact) mass is 289 g/mol. The highest BCUT2D eigenvalue weighted by molar-refractivity contribution is 6.03. The Morgan fingerprint density at radius 2 is 1.27 bits per heavy atom. The predicted molar refractivity (Wildman–Crippen MR) is 88.3 cm³/mol. The van der Waals surface area contributed by atoms with E-state index in [4.69, 9.17) is 0 Å². The van der Waals surface area contributed by atoms with Crippen molar-refractivity contribution in [2.75, 3.05) is 0 Å². The van der Waals surface area contributed by atoms with Gasteiger partial charge in [-0.3, -0.25) is 0 Å². The molecule has 3 nitrogen and oxygen atoms in total. The van der Waals surface area contributed by atoms with Crippen molar-refractivity contribution in [2.24, 2.45) is 0 Å². The van der Waals surface area contributed by atoms with Crippen LogP contribution in [0.4, 0.5) is 0 Å². The molecule has 0 aliphatic rings. The van der Waals surface area contributed by atoms with Crippen LogP contribution in [0.25, 0.3) is 21.5 Å². The molecule has 22 heavy (non-hydrogen) atoms. The van der Waals surface area contributed by atoms with Gasteiger partial charge in [-0.05, 0) is 29.8 Å². The Kier molecular flexibility index (Phi) is 2.79. The maximum Gasteiger partial charge on any atom is 0.123 e. The van der Waals surface area contributed by atoms with Gasteiger partial charge in [0.2, 0.25) is 0 Å². The molecule has 1 heterocycles. The Hall–Kier alpha value is -2.94. The van der Waals surface area contributed by atoms with E-state index in [1.54, 1.807) is 0 Å². The Bertz CT molecular complexity index is 912. The van der Waals surface area contributed by atoms with Gasteiger partial charge in [-0.25, -0.2) is 0 Å². The van der Waals surface area contributed by atoms with Crippen molar-refractivity contribution >= 4 is 21.5 Å². The van der Waals surface area contributed by atoms with Crippen molar-refractivity contribution in [3.8, 4) is 11.5 Å². The van der Waals surface area contributed by atoms with Gasteiger partial charge in [-0.15, -0.1) is 0 Å². The van der Waals surface area contributed by atoms with Crippen LogP contribution in [-0.4, -0.2) is 14.8 Å². The first-order chi connectivity index (χ1) is 10.7. The Morgan fingerprint density at radius 1 is 0.727 bits per heavy atom. The molecule has 0 unspecified atom stereocenters. The van der Waals surface area contributed by atoms with Crippen molar-refractivity contribution in [1.29, 1.82) is 0 Å². The van der Waals surface area contributed by atoms with Crippen LogP contribution in [0, 0.1) is 0 Å². The van der Waals surface area contributed by atoms with Gasteiger partial charge in [0.05, 0.1) is 0 Å². The molecule has 4 aromatic rings. The van der Waals surface area contributed by atoms with Crippen molar-refractivity contribution in [3.05, 3.63) is 72.6 Å². The second-order valence-corrected chi connectivity index (χ2v) is 5.55. The molecule has 1 aromatic heterocycles. The molecule has 108 valence electrons. The van der Waals surface area contributed by atoms with Crippen LogP contribution in [0.1, 0.15) is 5.56 Å². The minimum Gasteiger partial charge on any atom is -0.507 e. The second kappa shape index (κ2) is 4.81. The van der Waals surface area contributed by atoms with E-state index in [1.807, 2.05) is 30.3 Å². The minimum absolute atomic E-state index is 0.186. The molecule has 4 rings (SSSR count). The van der Waals surface area contributed by atoms with Crippen LogP contribution in [0.15, 0.2) is 67.0 Å². The topological polar surface area (TPSA) is 45.4 Å². The van der Waals surface area contributed by atoms with Crippen LogP contribution in [-0.2, 0) is 6.54 Å². The number of fused-ring (bicyclic) bond motifs is 2. The molecule has 3 aromatic carbocycles. The Morgan fingerprint density at radius 3 is 1.82 bits per heavy atom. The number of phenols is 2.